The summed E-state index contributed by atoms with van der Waals surface area (Å²) in [5.74, 6) is -1.29. The van der Waals surface area contributed by atoms with E-state index < -0.39 is 17.9 Å². The second-order valence-corrected chi connectivity index (χ2v) is 9.39. The Hall–Kier alpha value is -1.61. The zero-order valence-corrected chi connectivity index (χ0v) is 17.7. The molecule has 3 atom stereocenters. The minimum absolute atomic E-state index is 0.0361. The number of Topliss-reactive ketones (excluding diaryl/α,β-unsaturated/α-hetero) is 1. The van der Waals surface area contributed by atoms with Gasteiger partial charge in [-0.1, -0.05) is 30.8 Å². The summed E-state index contributed by atoms with van der Waals surface area (Å²) in [5.41, 5.74) is 0.0361. The molecule has 0 amide bonds. The first-order valence-corrected chi connectivity index (χ1v) is 11.3. The fourth-order valence-electron chi connectivity index (χ4n) is 3.31. The highest BCUT2D eigenvalue weighted by Gasteiger charge is 2.32. The smallest absolute Gasteiger partial charge is 0.355 e. The summed E-state index contributed by atoms with van der Waals surface area (Å²) < 4.78 is 37.7. The van der Waals surface area contributed by atoms with Gasteiger partial charge in [0, 0.05) is 29.9 Å². The Labute approximate surface area is 176 Å². The van der Waals surface area contributed by atoms with Gasteiger partial charge in [0.25, 0.3) is 0 Å². The summed E-state index contributed by atoms with van der Waals surface area (Å²) in [6.45, 7) is 1.89. The van der Waals surface area contributed by atoms with Gasteiger partial charge in [0.15, 0.2) is 15.9 Å². The molecule has 1 heterocycles. The van der Waals surface area contributed by atoms with Crippen molar-refractivity contribution in [1.82, 2.24) is 4.98 Å². The van der Waals surface area contributed by atoms with E-state index in [1.54, 1.807) is 0 Å². The largest absolute Gasteiger partial charge is 0.476 e. The van der Waals surface area contributed by atoms with E-state index in [2.05, 4.69) is 4.98 Å². The topological polar surface area (TPSA) is 67.3 Å². The van der Waals surface area contributed by atoms with Crippen molar-refractivity contribution >= 4 is 34.9 Å². The first-order chi connectivity index (χ1) is 13.8. The Bertz CT molecular complexity index is 775. The molecule has 0 radical (unpaired) electrons. The number of carbonyl (C=O) groups excluding carboxylic acids is 1. The lowest BCUT2D eigenvalue weighted by atomic mass is 9.91. The van der Waals surface area contributed by atoms with Crippen LogP contribution in [0.15, 0.2) is 33.8 Å². The molecule has 1 aliphatic rings. The van der Waals surface area contributed by atoms with E-state index in [-0.39, 0.29) is 35.7 Å². The van der Waals surface area contributed by atoms with Crippen LogP contribution in [0.2, 0.25) is 0 Å². The molecule has 29 heavy (non-hydrogen) atoms. The van der Waals surface area contributed by atoms with Crippen LogP contribution in [0.4, 0.5) is 13.2 Å². The number of hydrogen-bond acceptors (Lipinski definition) is 5. The van der Waals surface area contributed by atoms with Crippen LogP contribution >= 0.6 is 23.1 Å². The van der Waals surface area contributed by atoms with Gasteiger partial charge in [-0.25, -0.2) is 14.2 Å². The van der Waals surface area contributed by atoms with Gasteiger partial charge in [-0.15, -0.1) is 11.3 Å². The number of hydrogen-bond donors (Lipinski definition) is 1. The number of ketones is 1. The Morgan fingerprint density at radius 3 is 2.86 bits per heavy atom. The average molecular weight is 448 g/mol. The molecule has 1 aromatic heterocycles. The highest BCUT2D eigenvalue weighted by atomic mass is 32.2. The number of halogens is 3. The molecule has 1 aliphatic carbocycles. The van der Waals surface area contributed by atoms with Crippen LogP contribution in [0.3, 0.4) is 0 Å². The van der Waals surface area contributed by atoms with Gasteiger partial charge in [-0.2, -0.15) is 8.78 Å². The Morgan fingerprint density at radius 1 is 1.45 bits per heavy atom. The average Bonchev–Trinajstić information content (AvgIpc) is 3.28. The first kappa shape index (κ1) is 23.7. The molecule has 160 valence electrons. The van der Waals surface area contributed by atoms with Crippen molar-refractivity contribution in [3.05, 3.63) is 35.1 Å². The highest BCUT2D eigenvalue weighted by molar-refractivity contribution is 8.01. The fourth-order valence-corrected chi connectivity index (χ4v) is 5.20. The van der Waals surface area contributed by atoms with Crippen molar-refractivity contribution in [2.24, 2.45) is 17.8 Å². The lowest BCUT2D eigenvalue weighted by molar-refractivity contribution is -0.121. The quantitative estimate of drug-likeness (QED) is 0.316. The fraction of sp³-hybridized carbons (Fsp3) is 0.550. The van der Waals surface area contributed by atoms with Crippen molar-refractivity contribution in [3.8, 4) is 0 Å². The first-order valence-electron chi connectivity index (χ1n) is 9.48. The monoisotopic (exact) mass is 447 g/mol. The summed E-state index contributed by atoms with van der Waals surface area (Å²) in [4.78, 5) is 27.1. The standard InChI is InChI=1S/C20H24F3NO3S2/c1-12(5-7-15(21)18(22)23)3-2-4-13-6-8-17(25)14(13)9-10-28-20-24-16(11-29-20)19(26)27/h2,4,11-14H,3,5-10H2,1H3,(H,26,27)/b4-2+/t12?,13?,14-/m1/s1. The number of rotatable bonds is 11. The molecule has 1 aromatic rings. The van der Waals surface area contributed by atoms with Gasteiger partial charge >= 0.3 is 12.0 Å². The maximum atomic E-state index is 12.9. The molecule has 0 saturated heterocycles. The molecular weight excluding hydrogens is 423 g/mol. The minimum Gasteiger partial charge on any atom is -0.476 e. The van der Waals surface area contributed by atoms with Gasteiger partial charge in [0.2, 0.25) is 0 Å². The number of carbonyl (C=O) groups is 2. The van der Waals surface area contributed by atoms with Crippen LogP contribution in [0.1, 0.15) is 55.9 Å². The Kier molecular flexibility index (Phi) is 9.42. The molecule has 0 spiro atoms. The van der Waals surface area contributed by atoms with Crippen LogP contribution < -0.4 is 0 Å². The third kappa shape index (κ3) is 7.62. The van der Waals surface area contributed by atoms with Gasteiger partial charge < -0.3 is 5.11 Å². The second-order valence-electron chi connectivity index (χ2n) is 7.19. The van der Waals surface area contributed by atoms with Crippen molar-refractivity contribution in [2.75, 3.05) is 5.75 Å². The maximum absolute atomic E-state index is 12.9. The van der Waals surface area contributed by atoms with Crippen LogP contribution in [-0.2, 0) is 4.79 Å². The summed E-state index contributed by atoms with van der Waals surface area (Å²) in [5, 5.41) is 10.4. The molecule has 0 bridgehead atoms. The lowest BCUT2D eigenvalue weighted by Gasteiger charge is -2.15. The van der Waals surface area contributed by atoms with Crippen LogP contribution in [0.5, 0.6) is 0 Å². The number of nitrogens with zero attached hydrogens (tertiary/aromatic N) is 1. The zero-order valence-electron chi connectivity index (χ0n) is 16.1. The molecule has 4 nitrogen and oxygen atoms in total. The van der Waals surface area contributed by atoms with E-state index in [0.717, 1.165) is 6.42 Å². The summed E-state index contributed by atoms with van der Waals surface area (Å²) >= 11 is 2.74. The predicted octanol–water partition coefficient (Wildman–Crippen LogP) is 6.36. The summed E-state index contributed by atoms with van der Waals surface area (Å²) in [6, 6.07) is 0. The van der Waals surface area contributed by atoms with Gasteiger partial charge in [0.1, 0.15) is 5.78 Å². The third-order valence-electron chi connectivity index (χ3n) is 4.99. The van der Waals surface area contributed by atoms with E-state index in [1.807, 2.05) is 19.1 Å². The number of carboxylic acids is 1. The molecular formula is C20H24F3NO3S2. The normalized spacial score (nSPS) is 20.3. The summed E-state index contributed by atoms with van der Waals surface area (Å²) in [7, 11) is 0. The summed E-state index contributed by atoms with van der Waals surface area (Å²) in [6.07, 6.45) is 4.56. The van der Waals surface area contributed by atoms with E-state index in [0.29, 0.717) is 35.8 Å². The number of aromatic carboxylic acids is 1. The molecule has 2 rings (SSSR count). The number of thioether (sulfide) groups is 1. The minimum atomic E-state index is -2.24. The molecule has 1 fully saturated rings. The molecule has 1 saturated carbocycles. The zero-order chi connectivity index (χ0) is 21.4. The molecule has 9 heteroatoms. The number of carboxylic acid groups (broad SMARTS) is 1. The second kappa shape index (κ2) is 11.5. The van der Waals surface area contributed by atoms with Crippen LogP contribution in [-0.4, -0.2) is 27.6 Å². The van der Waals surface area contributed by atoms with Crippen LogP contribution in [0, 0.1) is 17.8 Å². The number of allylic oxidation sites excluding steroid dienone is 3. The van der Waals surface area contributed by atoms with Crippen molar-refractivity contribution in [3.63, 3.8) is 0 Å². The Morgan fingerprint density at radius 2 is 2.21 bits per heavy atom. The van der Waals surface area contributed by atoms with Crippen molar-refractivity contribution in [2.45, 2.75) is 49.8 Å². The van der Waals surface area contributed by atoms with E-state index in [9.17, 15) is 22.8 Å². The number of aromatic nitrogens is 1. The van der Waals surface area contributed by atoms with E-state index in [1.165, 1.54) is 28.5 Å². The van der Waals surface area contributed by atoms with Gasteiger partial charge in [-0.05, 0) is 37.5 Å². The third-order valence-corrected chi connectivity index (χ3v) is 7.05. The van der Waals surface area contributed by atoms with Gasteiger partial charge in [-0.3, -0.25) is 4.79 Å². The van der Waals surface area contributed by atoms with E-state index in [4.69, 9.17) is 5.11 Å². The molecule has 1 N–H and O–H groups in total. The predicted molar refractivity (Wildman–Crippen MR) is 108 cm³/mol. The van der Waals surface area contributed by atoms with Crippen LogP contribution in [0.25, 0.3) is 0 Å². The van der Waals surface area contributed by atoms with Crippen molar-refractivity contribution in [1.29, 1.82) is 0 Å². The number of thiazole rings is 1. The Balaban J connectivity index is 1.77. The van der Waals surface area contributed by atoms with Crippen molar-refractivity contribution < 1.29 is 27.9 Å². The maximum Gasteiger partial charge on any atom is 0.355 e. The molecule has 0 aliphatic heterocycles. The molecule has 2 unspecified atom stereocenters. The molecule has 0 aromatic carbocycles. The SMILES string of the molecule is CC(C/C=C/C1CCC(=O)[C@@H]1CCSc1nc(C(=O)O)cs1)CCC(F)=C(F)F. The van der Waals surface area contributed by atoms with Gasteiger partial charge in [0.05, 0.1) is 0 Å². The lowest BCUT2D eigenvalue weighted by Crippen LogP contribution is -2.14. The highest BCUT2D eigenvalue weighted by Crippen LogP contribution is 2.35. The van der Waals surface area contributed by atoms with E-state index >= 15 is 0 Å².